The third kappa shape index (κ3) is 3.64. The number of aliphatic hydroxyl groups is 1. The topological polar surface area (TPSA) is 111 Å². The van der Waals surface area contributed by atoms with Gasteiger partial charge in [-0.2, -0.15) is 0 Å². The summed E-state index contributed by atoms with van der Waals surface area (Å²) in [7, 11) is 1.49. The Bertz CT molecular complexity index is 731. The average Bonchev–Trinajstić information content (AvgIpc) is 3.05. The predicted molar refractivity (Wildman–Crippen MR) is 121 cm³/mol. The number of carbonyl (C=O) groups excluding carboxylic acids is 2. The van der Waals surface area contributed by atoms with Crippen molar-refractivity contribution >= 4 is 12.1 Å². The molecule has 0 aromatic heterocycles. The van der Waals surface area contributed by atoms with Gasteiger partial charge >= 0.3 is 12.1 Å². The summed E-state index contributed by atoms with van der Waals surface area (Å²) in [4.78, 5) is 24.6. The van der Waals surface area contributed by atoms with Crippen LogP contribution in [0, 0.1) is 34.5 Å². The first-order valence-electron chi connectivity index (χ1n) is 12.6. The van der Waals surface area contributed by atoms with Gasteiger partial charge in [0.2, 0.25) is 0 Å². The van der Waals surface area contributed by atoms with Crippen molar-refractivity contribution in [2.45, 2.75) is 89.7 Å². The smallest absolute Gasteiger partial charge is 0.407 e. The second kappa shape index (κ2) is 8.79. The number of ether oxygens (including phenoxy) is 2. The predicted octanol–water partition coefficient (Wildman–Crippen LogP) is 3.38. The van der Waals surface area contributed by atoms with Crippen LogP contribution in [-0.2, 0) is 14.3 Å². The van der Waals surface area contributed by atoms with Crippen LogP contribution in [0.25, 0.3) is 0 Å². The summed E-state index contributed by atoms with van der Waals surface area (Å²) in [5.41, 5.74) is 6.99. The fourth-order valence-electron chi connectivity index (χ4n) is 8.38. The van der Waals surface area contributed by atoms with Crippen molar-refractivity contribution in [1.29, 1.82) is 0 Å². The molecule has 0 aromatic rings. The second-order valence-corrected chi connectivity index (χ2v) is 11.4. The molecule has 0 aliphatic heterocycles. The van der Waals surface area contributed by atoms with E-state index in [1.165, 1.54) is 7.11 Å². The van der Waals surface area contributed by atoms with Gasteiger partial charge in [-0.15, -0.1) is 0 Å². The lowest BCUT2D eigenvalue weighted by Crippen LogP contribution is -2.66. The van der Waals surface area contributed by atoms with Crippen LogP contribution < -0.4 is 11.1 Å². The van der Waals surface area contributed by atoms with E-state index in [0.29, 0.717) is 30.7 Å². The van der Waals surface area contributed by atoms with Crippen LogP contribution in [-0.4, -0.2) is 49.1 Å². The van der Waals surface area contributed by atoms with Gasteiger partial charge in [0.05, 0.1) is 13.0 Å². The Labute approximate surface area is 192 Å². The van der Waals surface area contributed by atoms with Gasteiger partial charge in [-0.1, -0.05) is 13.8 Å². The first-order valence-corrected chi connectivity index (χ1v) is 12.6. The Morgan fingerprint density at radius 2 is 1.84 bits per heavy atom. The van der Waals surface area contributed by atoms with Gasteiger partial charge in [0.25, 0.3) is 0 Å². The van der Waals surface area contributed by atoms with Crippen molar-refractivity contribution in [3.05, 3.63) is 0 Å². The number of amides is 1. The molecule has 0 spiro atoms. The number of methoxy groups -OCH3 is 1. The van der Waals surface area contributed by atoms with Crippen LogP contribution in [0.3, 0.4) is 0 Å². The van der Waals surface area contributed by atoms with E-state index in [1.54, 1.807) is 0 Å². The molecule has 7 nitrogen and oxygen atoms in total. The number of nitrogens with one attached hydrogen (secondary N) is 1. The third-order valence-corrected chi connectivity index (χ3v) is 10.3. The lowest BCUT2D eigenvalue weighted by Gasteiger charge is -2.64. The monoisotopic (exact) mass is 450 g/mol. The molecule has 0 heterocycles. The minimum atomic E-state index is -0.366. The molecule has 4 N–H and O–H groups in total. The largest absolute Gasteiger partial charge is 0.469 e. The maximum Gasteiger partial charge on any atom is 0.407 e. The lowest BCUT2D eigenvalue weighted by atomic mass is 9.42. The molecule has 4 rings (SSSR count). The zero-order valence-electron chi connectivity index (χ0n) is 20.0. The van der Waals surface area contributed by atoms with Crippen LogP contribution in [0.15, 0.2) is 0 Å². The molecule has 8 atom stereocenters. The Kier molecular flexibility index (Phi) is 6.54. The summed E-state index contributed by atoms with van der Waals surface area (Å²) in [5.74, 6) is 1.37. The highest BCUT2D eigenvalue weighted by Gasteiger charge is 2.67. The SMILES string of the molecule is COC(=O)[C@H]1CC[C@]2(N)[C@@H]3CC[C@@H]4C[C@@H](OC(=O)NCCCO)CC[C@]4(C)[C@H]3CC[C@]12C. The molecule has 182 valence electrons. The molecule has 4 saturated carbocycles. The van der Waals surface area contributed by atoms with Crippen molar-refractivity contribution in [2.24, 2.45) is 40.2 Å². The van der Waals surface area contributed by atoms with Crippen LogP contribution in [0.4, 0.5) is 4.79 Å². The Morgan fingerprint density at radius 1 is 1.06 bits per heavy atom. The van der Waals surface area contributed by atoms with Crippen molar-refractivity contribution < 1.29 is 24.2 Å². The molecule has 0 bridgehead atoms. The first kappa shape index (κ1) is 23.8. The normalized spacial score (nSPS) is 45.2. The average molecular weight is 451 g/mol. The van der Waals surface area contributed by atoms with Gasteiger partial charge in [-0.05, 0) is 92.8 Å². The lowest BCUT2D eigenvalue weighted by molar-refractivity contribution is -0.160. The summed E-state index contributed by atoms with van der Waals surface area (Å²) >= 11 is 0. The molecular weight excluding hydrogens is 408 g/mol. The van der Waals surface area contributed by atoms with Crippen molar-refractivity contribution in [2.75, 3.05) is 20.3 Å². The minimum Gasteiger partial charge on any atom is -0.469 e. The summed E-state index contributed by atoms with van der Waals surface area (Å²) in [6.45, 7) is 5.20. The zero-order chi connectivity index (χ0) is 23.1. The minimum absolute atomic E-state index is 0.0327. The number of aliphatic hydroxyl groups excluding tert-OH is 1. The van der Waals surface area contributed by atoms with Crippen molar-refractivity contribution in [3.8, 4) is 0 Å². The molecule has 32 heavy (non-hydrogen) atoms. The number of nitrogens with two attached hydrogens (primary N) is 1. The summed E-state index contributed by atoms with van der Waals surface area (Å²) < 4.78 is 10.9. The van der Waals surface area contributed by atoms with Gasteiger partial charge in [0, 0.05) is 18.7 Å². The van der Waals surface area contributed by atoms with E-state index in [1.807, 2.05) is 0 Å². The van der Waals surface area contributed by atoms with Gasteiger partial charge in [0.15, 0.2) is 0 Å². The van der Waals surface area contributed by atoms with Crippen LogP contribution in [0.1, 0.15) is 78.1 Å². The molecule has 4 fully saturated rings. The van der Waals surface area contributed by atoms with Crippen LogP contribution in [0.2, 0.25) is 0 Å². The molecule has 0 saturated heterocycles. The number of hydrogen-bond acceptors (Lipinski definition) is 6. The Hall–Kier alpha value is -1.34. The van der Waals surface area contributed by atoms with E-state index in [4.69, 9.17) is 20.3 Å². The fourth-order valence-corrected chi connectivity index (χ4v) is 8.38. The number of hydrogen-bond donors (Lipinski definition) is 3. The first-order chi connectivity index (χ1) is 15.2. The highest BCUT2D eigenvalue weighted by molar-refractivity contribution is 5.74. The van der Waals surface area contributed by atoms with E-state index in [9.17, 15) is 9.59 Å². The second-order valence-electron chi connectivity index (χ2n) is 11.4. The maximum absolute atomic E-state index is 12.5. The summed E-state index contributed by atoms with van der Waals surface area (Å²) in [6.07, 6.45) is 9.08. The van der Waals surface area contributed by atoms with Gasteiger partial charge in [-0.3, -0.25) is 4.79 Å². The van der Waals surface area contributed by atoms with E-state index in [2.05, 4.69) is 19.2 Å². The standard InChI is InChI=1S/C25H42N2O5/c1-23-10-7-17(32-22(30)27-13-4-14-28)15-16(23)5-6-19-18(23)8-11-24(2)20(21(29)31-3)9-12-25(19,24)26/h16-20,28H,4-15,26H2,1-3H3,(H,27,30)/t16-,17+,18+,19-,20-,23+,24-,25+/m1/s1. The summed E-state index contributed by atoms with van der Waals surface area (Å²) in [6, 6.07) is 0. The number of carbonyl (C=O) groups is 2. The molecule has 0 radical (unpaired) electrons. The maximum atomic E-state index is 12.5. The quantitative estimate of drug-likeness (QED) is 0.437. The summed E-state index contributed by atoms with van der Waals surface area (Å²) in [5, 5.41) is 11.6. The fraction of sp³-hybridized carbons (Fsp3) is 0.920. The Morgan fingerprint density at radius 3 is 2.56 bits per heavy atom. The molecule has 1 amide bonds. The molecule has 0 unspecified atom stereocenters. The van der Waals surface area contributed by atoms with E-state index in [0.717, 1.165) is 57.8 Å². The molecule has 7 heteroatoms. The number of alkyl carbamates (subject to hydrolysis) is 1. The molecule has 4 aliphatic carbocycles. The zero-order valence-corrected chi connectivity index (χ0v) is 20.0. The van der Waals surface area contributed by atoms with Gasteiger partial charge in [0.1, 0.15) is 6.10 Å². The van der Waals surface area contributed by atoms with Crippen molar-refractivity contribution in [1.82, 2.24) is 5.32 Å². The van der Waals surface area contributed by atoms with Crippen molar-refractivity contribution in [3.63, 3.8) is 0 Å². The number of rotatable bonds is 5. The van der Waals surface area contributed by atoms with Gasteiger partial charge < -0.3 is 25.6 Å². The number of esters is 1. The molecule has 4 aliphatic rings. The molecule has 0 aromatic carbocycles. The molecular formula is C25H42N2O5. The van der Waals surface area contributed by atoms with E-state index >= 15 is 0 Å². The van der Waals surface area contributed by atoms with Crippen LogP contribution in [0.5, 0.6) is 0 Å². The number of fused-ring (bicyclic) bond motifs is 5. The van der Waals surface area contributed by atoms with Gasteiger partial charge in [-0.25, -0.2) is 4.79 Å². The highest BCUT2D eigenvalue weighted by Crippen LogP contribution is 2.68. The third-order valence-electron chi connectivity index (χ3n) is 10.3. The Balaban J connectivity index is 1.45. The van der Waals surface area contributed by atoms with E-state index < -0.39 is 0 Å². The van der Waals surface area contributed by atoms with Crippen LogP contribution >= 0.6 is 0 Å². The highest BCUT2D eigenvalue weighted by atomic mass is 16.6. The van der Waals surface area contributed by atoms with E-state index in [-0.39, 0.29) is 47.1 Å².